The van der Waals surface area contributed by atoms with Gasteiger partial charge in [0.05, 0.1) is 16.5 Å². The van der Waals surface area contributed by atoms with E-state index in [4.69, 9.17) is 8.97 Å². The van der Waals surface area contributed by atoms with Gasteiger partial charge >= 0.3 is 6.03 Å². The number of benzene rings is 1. The van der Waals surface area contributed by atoms with E-state index in [1.807, 2.05) is 6.92 Å². The summed E-state index contributed by atoms with van der Waals surface area (Å²) in [6.45, 7) is 2.55. The summed E-state index contributed by atoms with van der Waals surface area (Å²) in [4.78, 5) is 21.3. The Labute approximate surface area is 185 Å². The summed E-state index contributed by atoms with van der Waals surface area (Å²) in [7, 11) is -4.33. The van der Waals surface area contributed by atoms with Crippen molar-refractivity contribution in [2.24, 2.45) is 0 Å². The Morgan fingerprint density at radius 2 is 1.91 bits per heavy atom. The molecular weight excluding hydrogens is 452 g/mol. The van der Waals surface area contributed by atoms with Crippen molar-refractivity contribution in [2.45, 2.75) is 18.4 Å². The number of anilines is 2. The molecule has 0 saturated heterocycles. The summed E-state index contributed by atoms with van der Waals surface area (Å²) >= 11 is 0. The molecule has 4 aromatic heterocycles. The summed E-state index contributed by atoms with van der Waals surface area (Å²) in [6, 6.07) is 7.77. The normalized spacial score (nSPS) is 11.8. The van der Waals surface area contributed by atoms with E-state index in [-0.39, 0.29) is 10.8 Å². The van der Waals surface area contributed by atoms with Crippen molar-refractivity contribution in [1.82, 2.24) is 29.4 Å². The van der Waals surface area contributed by atoms with Crippen molar-refractivity contribution in [2.75, 3.05) is 10.6 Å². The van der Waals surface area contributed by atoms with Gasteiger partial charge in [-0.2, -0.15) is 23.0 Å². The number of fused-ring (bicyclic) bond motifs is 3. The number of aryl methyl sites for hydroxylation is 1. The van der Waals surface area contributed by atoms with Gasteiger partial charge < -0.3 is 9.73 Å². The van der Waals surface area contributed by atoms with Crippen LogP contribution < -0.4 is 10.6 Å². The molecule has 5 aromatic rings. The predicted molar refractivity (Wildman–Crippen MR) is 116 cm³/mol. The number of rotatable bonds is 5. The maximum absolute atomic E-state index is 12.6. The number of hydrogen-bond acceptors (Lipinski definition) is 8. The molecule has 168 valence electrons. The summed E-state index contributed by atoms with van der Waals surface area (Å²) in [5, 5.41) is 14.6. The molecule has 13 nitrogen and oxygen atoms in total. The van der Waals surface area contributed by atoms with Gasteiger partial charge in [-0.1, -0.05) is 0 Å². The van der Waals surface area contributed by atoms with Gasteiger partial charge in [-0.25, -0.2) is 9.78 Å². The molecule has 0 aliphatic rings. The molecular formula is C19H16N8O5S. The number of amides is 2. The Balaban J connectivity index is 1.50. The van der Waals surface area contributed by atoms with Crippen molar-refractivity contribution in [3.8, 4) is 11.6 Å². The first-order chi connectivity index (χ1) is 15.8. The van der Waals surface area contributed by atoms with Gasteiger partial charge in [-0.05, 0) is 43.3 Å². The SMILES string of the molecule is CCn1cc2c(nc(NC(=O)Nc3ccc(S(=O)(=O)O)cc3)n3nc(-c4ccco4)nc23)n1. The predicted octanol–water partition coefficient (Wildman–Crippen LogP) is 2.64. The summed E-state index contributed by atoms with van der Waals surface area (Å²) in [5.74, 6) is 0.822. The van der Waals surface area contributed by atoms with Crippen molar-refractivity contribution in [1.29, 1.82) is 0 Å². The summed E-state index contributed by atoms with van der Waals surface area (Å²) < 4.78 is 39.9. The number of nitrogens with zero attached hydrogens (tertiary/aromatic N) is 6. The van der Waals surface area contributed by atoms with Crippen LogP contribution in [0.5, 0.6) is 0 Å². The largest absolute Gasteiger partial charge is 0.461 e. The smallest absolute Gasteiger partial charge is 0.326 e. The monoisotopic (exact) mass is 468 g/mol. The minimum Gasteiger partial charge on any atom is -0.461 e. The second-order valence-corrected chi connectivity index (χ2v) is 8.31. The van der Waals surface area contributed by atoms with Crippen LogP contribution in [0.3, 0.4) is 0 Å². The average Bonchev–Trinajstić information content (AvgIpc) is 3.51. The lowest BCUT2D eigenvalue weighted by atomic mass is 10.3. The van der Waals surface area contributed by atoms with E-state index in [1.165, 1.54) is 22.9 Å². The number of hydrogen-bond donors (Lipinski definition) is 3. The van der Waals surface area contributed by atoms with Crippen LogP contribution in [0.25, 0.3) is 28.3 Å². The number of aromatic nitrogens is 6. The Morgan fingerprint density at radius 1 is 1.12 bits per heavy atom. The minimum absolute atomic E-state index is 0.0659. The van der Waals surface area contributed by atoms with Crippen LogP contribution in [0.4, 0.5) is 16.4 Å². The van der Waals surface area contributed by atoms with E-state index in [0.29, 0.717) is 40.5 Å². The Kier molecular flexibility index (Phi) is 4.79. The van der Waals surface area contributed by atoms with Gasteiger partial charge in [-0.15, -0.1) is 5.10 Å². The van der Waals surface area contributed by atoms with Crippen molar-refractivity contribution in [3.63, 3.8) is 0 Å². The molecule has 0 unspecified atom stereocenters. The van der Waals surface area contributed by atoms with Crippen molar-refractivity contribution in [3.05, 3.63) is 48.9 Å². The topological polar surface area (TPSA) is 170 Å². The first-order valence-corrected chi connectivity index (χ1v) is 11.1. The van der Waals surface area contributed by atoms with Crippen molar-refractivity contribution >= 4 is 44.5 Å². The Morgan fingerprint density at radius 3 is 2.58 bits per heavy atom. The van der Waals surface area contributed by atoms with E-state index >= 15 is 0 Å². The standard InChI is InChI=1S/C19H16N8O5S/c1-2-26-10-13-15(24-26)22-18(27-17(13)21-16(25-27)14-4-3-9-32-14)23-19(28)20-11-5-7-12(8-6-11)33(29,30)31/h3-10H,2H2,1H3,(H,29,30,31)(H2,20,22,23,24,28). The quantitative estimate of drug-likeness (QED) is 0.328. The maximum atomic E-state index is 12.6. The average molecular weight is 468 g/mol. The van der Waals surface area contributed by atoms with Crippen LogP contribution in [0.15, 0.2) is 58.2 Å². The van der Waals surface area contributed by atoms with E-state index in [1.54, 1.807) is 23.0 Å². The molecule has 2 amide bonds. The molecule has 0 radical (unpaired) electrons. The van der Waals surface area contributed by atoms with Gasteiger partial charge in [0.1, 0.15) is 0 Å². The third-order valence-electron chi connectivity index (χ3n) is 4.70. The van der Waals surface area contributed by atoms with Gasteiger partial charge in [0.2, 0.25) is 11.8 Å². The first-order valence-electron chi connectivity index (χ1n) is 9.65. The molecule has 3 N–H and O–H groups in total. The second kappa shape index (κ2) is 7.68. The molecule has 0 spiro atoms. The van der Waals surface area contributed by atoms with E-state index in [0.717, 1.165) is 12.1 Å². The molecule has 4 heterocycles. The van der Waals surface area contributed by atoms with E-state index in [9.17, 15) is 13.2 Å². The first kappa shape index (κ1) is 20.6. The lowest BCUT2D eigenvalue weighted by molar-refractivity contribution is 0.262. The van der Waals surface area contributed by atoms with Gasteiger partial charge in [0, 0.05) is 18.4 Å². The van der Waals surface area contributed by atoms with Crippen LogP contribution in [0.2, 0.25) is 0 Å². The maximum Gasteiger partial charge on any atom is 0.326 e. The van der Waals surface area contributed by atoms with E-state index in [2.05, 4.69) is 30.8 Å². The highest BCUT2D eigenvalue weighted by molar-refractivity contribution is 7.85. The summed E-state index contributed by atoms with van der Waals surface area (Å²) in [5.41, 5.74) is 1.09. The number of nitrogens with one attached hydrogen (secondary N) is 2. The zero-order valence-corrected chi connectivity index (χ0v) is 17.8. The van der Waals surface area contributed by atoms with Crippen LogP contribution in [-0.2, 0) is 16.7 Å². The lowest BCUT2D eigenvalue weighted by Gasteiger charge is -2.08. The number of urea groups is 1. The molecule has 0 aliphatic heterocycles. The molecule has 0 atom stereocenters. The zero-order chi connectivity index (χ0) is 23.2. The Bertz CT molecular complexity index is 1590. The molecule has 5 rings (SSSR count). The lowest BCUT2D eigenvalue weighted by Crippen LogP contribution is -2.22. The molecule has 0 fully saturated rings. The van der Waals surface area contributed by atoms with Gasteiger partial charge in [-0.3, -0.25) is 14.6 Å². The highest BCUT2D eigenvalue weighted by Gasteiger charge is 2.19. The number of furan rings is 1. The van der Waals surface area contributed by atoms with Crippen LogP contribution in [0, 0.1) is 0 Å². The summed E-state index contributed by atoms with van der Waals surface area (Å²) in [6.07, 6.45) is 3.29. The highest BCUT2D eigenvalue weighted by atomic mass is 32.2. The molecule has 0 saturated carbocycles. The fourth-order valence-corrected chi connectivity index (χ4v) is 3.64. The fourth-order valence-electron chi connectivity index (χ4n) is 3.16. The van der Waals surface area contributed by atoms with Gasteiger partial charge in [0.25, 0.3) is 10.1 Å². The van der Waals surface area contributed by atoms with Gasteiger partial charge in [0.15, 0.2) is 17.1 Å². The van der Waals surface area contributed by atoms with Crippen LogP contribution in [-0.4, -0.2) is 48.4 Å². The third-order valence-corrected chi connectivity index (χ3v) is 5.57. The van der Waals surface area contributed by atoms with Crippen molar-refractivity contribution < 1.29 is 22.2 Å². The van der Waals surface area contributed by atoms with Crippen LogP contribution in [0.1, 0.15) is 6.92 Å². The molecule has 33 heavy (non-hydrogen) atoms. The second-order valence-electron chi connectivity index (χ2n) is 6.88. The van der Waals surface area contributed by atoms with E-state index < -0.39 is 16.1 Å². The molecule has 0 aliphatic carbocycles. The molecule has 1 aromatic carbocycles. The third kappa shape index (κ3) is 3.88. The fraction of sp³-hybridized carbons (Fsp3) is 0.105. The molecule has 0 bridgehead atoms. The Hall–Kier alpha value is -4.30. The van der Waals surface area contributed by atoms with Crippen LogP contribution >= 0.6 is 0 Å². The highest BCUT2D eigenvalue weighted by Crippen LogP contribution is 2.24. The number of carbonyl (C=O) groups is 1. The number of carbonyl (C=O) groups excluding carboxylic acids is 1. The molecule has 14 heteroatoms. The zero-order valence-electron chi connectivity index (χ0n) is 17.0. The minimum atomic E-state index is -4.33.